The molecule has 1 fully saturated rings. The second-order valence-corrected chi connectivity index (χ2v) is 6.29. The molecule has 0 spiro atoms. The highest BCUT2D eigenvalue weighted by molar-refractivity contribution is 5.58. The van der Waals surface area contributed by atoms with E-state index >= 15 is 0 Å². The maximum Gasteiger partial charge on any atom is 0.0399 e. The van der Waals surface area contributed by atoms with Crippen LogP contribution in [-0.4, -0.2) is 26.2 Å². The molecule has 1 N–H and O–H groups in total. The first kappa shape index (κ1) is 13.0. The summed E-state index contributed by atoms with van der Waals surface area (Å²) in [4.78, 5) is 2.64. The van der Waals surface area contributed by atoms with Crippen molar-refractivity contribution in [2.75, 3.05) is 31.1 Å². The molecule has 104 valence electrons. The van der Waals surface area contributed by atoms with E-state index in [1.807, 2.05) is 0 Å². The highest BCUT2D eigenvalue weighted by Gasteiger charge is 2.36. The normalized spacial score (nSPS) is 20.8. The van der Waals surface area contributed by atoms with Gasteiger partial charge in [-0.25, -0.2) is 0 Å². The van der Waals surface area contributed by atoms with Crippen molar-refractivity contribution in [3.63, 3.8) is 0 Å². The lowest BCUT2D eigenvalue weighted by atomic mass is 9.85. The Bertz CT molecular complexity index is 421. The Hall–Kier alpha value is -1.02. The van der Waals surface area contributed by atoms with Crippen molar-refractivity contribution in [2.45, 2.75) is 39.0 Å². The topological polar surface area (TPSA) is 15.3 Å². The second-order valence-electron chi connectivity index (χ2n) is 6.29. The molecule has 0 atom stereocenters. The summed E-state index contributed by atoms with van der Waals surface area (Å²) in [7, 11) is 0. The predicted molar refractivity (Wildman–Crippen MR) is 81.8 cm³/mol. The van der Waals surface area contributed by atoms with Crippen LogP contribution in [0.4, 0.5) is 5.69 Å². The molecular weight excluding hydrogens is 232 g/mol. The van der Waals surface area contributed by atoms with E-state index in [1.54, 1.807) is 5.56 Å². The molecule has 19 heavy (non-hydrogen) atoms. The SMILES string of the molecule is CCNCC1(CN2CCc3ccccc32)CCCC1. The van der Waals surface area contributed by atoms with Gasteiger partial charge in [0.25, 0.3) is 0 Å². The zero-order chi connectivity index (χ0) is 13.1. The van der Waals surface area contributed by atoms with Crippen LogP contribution >= 0.6 is 0 Å². The average molecular weight is 258 g/mol. The summed E-state index contributed by atoms with van der Waals surface area (Å²) in [5, 5.41) is 3.60. The molecule has 1 saturated carbocycles. The summed E-state index contributed by atoms with van der Waals surface area (Å²) in [6.45, 7) is 6.97. The number of hydrogen-bond acceptors (Lipinski definition) is 2. The first-order chi connectivity index (χ1) is 9.33. The molecule has 3 rings (SSSR count). The first-order valence-electron chi connectivity index (χ1n) is 7.87. The molecule has 1 heterocycles. The molecular formula is C17H26N2. The molecule has 1 aromatic rings. The first-order valence-corrected chi connectivity index (χ1v) is 7.87. The van der Waals surface area contributed by atoms with Crippen LogP contribution in [0.3, 0.4) is 0 Å². The molecule has 0 bridgehead atoms. The van der Waals surface area contributed by atoms with Crippen molar-refractivity contribution in [1.29, 1.82) is 0 Å². The van der Waals surface area contributed by atoms with Crippen molar-refractivity contribution in [3.05, 3.63) is 29.8 Å². The molecule has 1 aromatic carbocycles. The van der Waals surface area contributed by atoms with Crippen LogP contribution in [0, 0.1) is 5.41 Å². The van der Waals surface area contributed by atoms with Crippen LogP contribution in [0.25, 0.3) is 0 Å². The van der Waals surface area contributed by atoms with Gasteiger partial charge in [-0.15, -0.1) is 0 Å². The quantitative estimate of drug-likeness (QED) is 0.872. The molecule has 0 saturated heterocycles. The van der Waals surface area contributed by atoms with Gasteiger partial charge in [-0.3, -0.25) is 0 Å². The minimum absolute atomic E-state index is 0.521. The fourth-order valence-corrected chi connectivity index (χ4v) is 3.88. The van der Waals surface area contributed by atoms with Crippen LogP contribution in [0.2, 0.25) is 0 Å². The van der Waals surface area contributed by atoms with Crippen LogP contribution in [0.5, 0.6) is 0 Å². The standard InChI is InChI=1S/C17H26N2/c1-2-18-13-17(10-5-6-11-17)14-19-12-9-15-7-3-4-8-16(15)19/h3-4,7-8,18H,2,5-6,9-14H2,1H3. The van der Waals surface area contributed by atoms with Crippen molar-refractivity contribution < 1.29 is 0 Å². The van der Waals surface area contributed by atoms with Gasteiger partial charge in [0, 0.05) is 30.7 Å². The highest BCUT2D eigenvalue weighted by atomic mass is 15.2. The second kappa shape index (κ2) is 5.54. The van der Waals surface area contributed by atoms with Gasteiger partial charge < -0.3 is 10.2 Å². The summed E-state index contributed by atoms with van der Waals surface area (Å²) in [6, 6.07) is 8.95. The fourth-order valence-electron chi connectivity index (χ4n) is 3.88. The van der Waals surface area contributed by atoms with E-state index in [0.29, 0.717) is 5.41 Å². The Kier molecular flexibility index (Phi) is 3.79. The number of para-hydroxylation sites is 1. The van der Waals surface area contributed by atoms with Crippen molar-refractivity contribution in [2.24, 2.45) is 5.41 Å². The molecule has 0 amide bonds. The van der Waals surface area contributed by atoms with E-state index in [4.69, 9.17) is 0 Å². The molecule has 0 radical (unpaired) electrons. The third kappa shape index (κ3) is 2.64. The van der Waals surface area contributed by atoms with Crippen molar-refractivity contribution in [3.8, 4) is 0 Å². The lowest BCUT2D eigenvalue weighted by Gasteiger charge is -2.35. The van der Waals surface area contributed by atoms with E-state index in [9.17, 15) is 0 Å². The van der Waals surface area contributed by atoms with Crippen LogP contribution < -0.4 is 10.2 Å². The Balaban J connectivity index is 1.73. The molecule has 2 heteroatoms. The van der Waals surface area contributed by atoms with Gasteiger partial charge in [-0.05, 0) is 37.4 Å². The Labute approximate surface area is 117 Å². The molecule has 1 aliphatic carbocycles. The number of anilines is 1. The predicted octanol–water partition coefficient (Wildman–Crippen LogP) is 3.22. The fraction of sp³-hybridized carbons (Fsp3) is 0.647. The average Bonchev–Trinajstić information content (AvgIpc) is 3.06. The third-order valence-electron chi connectivity index (χ3n) is 4.92. The highest BCUT2D eigenvalue weighted by Crippen LogP contribution is 2.40. The Morgan fingerprint density at radius 2 is 2.00 bits per heavy atom. The maximum absolute atomic E-state index is 3.60. The summed E-state index contributed by atoms with van der Waals surface area (Å²) < 4.78 is 0. The zero-order valence-corrected chi connectivity index (χ0v) is 12.1. The number of rotatable bonds is 5. The van der Waals surface area contributed by atoms with Crippen molar-refractivity contribution in [1.82, 2.24) is 5.32 Å². The number of fused-ring (bicyclic) bond motifs is 1. The Morgan fingerprint density at radius 3 is 2.79 bits per heavy atom. The summed E-state index contributed by atoms with van der Waals surface area (Å²) in [5.74, 6) is 0. The van der Waals surface area contributed by atoms with Crippen LogP contribution in [0.15, 0.2) is 24.3 Å². The minimum Gasteiger partial charge on any atom is -0.370 e. The molecule has 1 aliphatic heterocycles. The summed E-state index contributed by atoms with van der Waals surface area (Å²) >= 11 is 0. The number of hydrogen-bond donors (Lipinski definition) is 1. The molecule has 0 aromatic heterocycles. The smallest absolute Gasteiger partial charge is 0.0399 e. The number of nitrogens with one attached hydrogen (secondary N) is 1. The van der Waals surface area contributed by atoms with E-state index in [-0.39, 0.29) is 0 Å². The van der Waals surface area contributed by atoms with Gasteiger partial charge in [0.15, 0.2) is 0 Å². The molecule has 2 aliphatic rings. The van der Waals surface area contributed by atoms with Crippen LogP contribution in [0.1, 0.15) is 38.2 Å². The number of nitrogens with zero attached hydrogens (tertiary/aromatic N) is 1. The minimum atomic E-state index is 0.521. The van der Waals surface area contributed by atoms with Gasteiger partial charge in [0.1, 0.15) is 0 Å². The molecule has 2 nitrogen and oxygen atoms in total. The van der Waals surface area contributed by atoms with Gasteiger partial charge >= 0.3 is 0 Å². The van der Waals surface area contributed by atoms with Crippen LogP contribution in [-0.2, 0) is 6.42 Å². The number of benzene rings is 1. The lowest BCUT2D eigenvalue weighted by molar-refractivity contribution is 0.287. The van der Waals surface area contributed by atoms with E-state index in [2.05, 4.69) is 41.4 Å². The van der Waals surface area contributed by atoms with E-state index < -0.39 is 0 Å². The maximum atomic E-state index is 3.60. The summed E-state index contributed by atoms with van der Waals surface area (Å²) in [5.41, 5.74) is 3.55. The zero-order valence-electron chi connectivity index (χ0n) is 12.1. The van der Waals surface area contributed by atoms with E-state index in [1.165, 1.54) is 57.4 Å². The van der Waals surface area contributed by atoms with Gasteiger partial charge in [0.05, 0.1) is 0 Å². The summed E-state index contributed by atoms with van der Waals surface area (Å²) in [6.07, 6.45) is 6.87. The van der Waals surface area contributed by atoms with Gasteiger partial charge in [-0.2, -0.15) is 0 Å². The van der Waals surface area contributed by atoms with Gasteiger partial charge in [0.2, 0.25) is 0 Å². The van der Waals surface area contributed by atoms with Gasteiger partial charge in [-0.1, -0.05) is 38.0 Å². The largest absolute Gasteiger partial charge is 0.370 e. The molecule has 0 unspecified atom stereocenters. The Morgan fingerprint density at radius 1 is 1.21 bits per heavy atom. The third-order valence-corrected chi connectivity index (χ3v) is 4.92. The van der Waals surface area contributed by atoms with Crippen molar-refractivity contribution >= 4 is 5.69 Å². The van der Waals surface area contributed by atoms with E-state index in [0.717, 1.165) is 6.54 Å². The monoisotopic (exact) mass is 258 g/mol. The lowest BCUT2D eigenvalue weighted by Crippen LogP contribution is -2.42.